The van der Waals surface area contributed by atoms with Gasteiger partial charge in [0.2, 0.25) is 0 Å². The Morgan fingerprint density at radius 3 is 1.12 bits per heavy atom. The number of hydrogen-bond donors (Lipinski definition) is 0. The fraction of sp³-hybridized carbons (Fsp3) is 0.731. The number of methoxy groups -OCH3 is 1. The topological polar surface area (TPSA) is 184 Å². The molecule has 228 valence electrons. The normalized spacial score (nSPS) is 15.1. The smallest absolute Gasteiger partial charge is 0.305 e. The summed E-state index contributed by atoms with van der Waals surface area (Å²) in [5.41, 5.74) is 0. The van der Waals surface area contributed by atoms with Crippen LogP contribution in [0.5, 0.6) is 0 Å². The van der Waals surface area contributed by atoms with Crippen LogP contribution in [-0.4, -0.2) is 85.5 Å². The number of esters is 7. The molecule has 0 fully saturated rings. The standard InChI is InChI=1S/C26H40O14/c1-9-11-20(35-14(2)27)23(37-16(4)29)25(39-18(6)31)26(40-19(7)32)24(38-17(5)30)21(36-15(3)28)12-10-13-22(33)34-8/h20-21,23-26H,9-13H2,1-8H3/t20-,21+,23-,24-,25-,26+/m0/s1. The van der Waals surface area contributed by atoms with Crippen molar-refractivity contribution < 1.29 is 66.7 Å². The van der Waals surface area contributed by atoms with Gasteiger partial charge in [-0.1, -0.05) is 13.3 Å². The summed E-state index contributed by atoms with van der Waals surface area (Å²) < 4.78 is 37.2. The van der Waals surface area contributed by atoms with Crippen LogP contribution >= 0.6 is 0 Å². The van der Waals surface area contributed by atoms with Gasteiger partial charge in [0.1, 0.15) is 12.2 Å². The van der Waals surface area contributed by atoms with Crippen molar-refractivity contribution in [2.75, 3.05) is 7.11 Å². The predicted molar refractivity (Wildman–Crippen MR) is 134 cm³/mol. The summed E-state index contributed by atoms with van der Waals surface area (Å²) in [6.07, 6.45) is -8.63. The highest BCUT2D eigenvalue weighted by Gasteiger charge is 2.50. The third-order valence-electron chi connectivity index (χ3n) is 5.22. The van der Waals surface area contributed by atoms with Crippen LogP contribution in [0.2, 0.25) is 0 Å². The molecule has 14 heteroatoms. The molecular formula is C26H40O14. The summed E-state index contributed by atoms with van der Waals surface area (Å²) in [6.45, 7) is 8.13. The van der Waals surface area contributed by atoms with Crippen molar-refractivity contribution in [2.45, 2.75) is 117 Å². The highest BCUT2D eigenvalue weighted by Crippen LogP contribution is 2.28. The van der Waals surface area contributed by atoms with Gasteiger partial charge in [-0.05, 0) is 19.3 Å². The van der Waals surface area contributed by atoms with Gasteiger partial charge in [-0.25, -0.2) is 0 Å². The Morgan fingerprint density at radius 1 is 0.500 bits per heavy atom. The lowest BCUT2D eigenvalue weighted by Crippen LogP contribution is -2.58. The maximum absolute atomic E-state index is 12.3. The van der Waals surface area contributed by atoms with Crippen LogP contribution in [0.25, 0.3) is 0 Å². The quantitative estimate of drug-likeness (QED) is 0.180. The van der Waals surface area contributed by atoms with Gasteiger partial charge < -0.3 is 33.2 Å². The van der Waals surface area contributed by atoms with E-state index in [-0.39, 0.29) is 25.7 Å². The minimum Gasteiger partial charge on any atom is -0.469 e. The molecule has 40 heavy (non-hydrogen) atoms. The van der Waals surface area contributed by atoms with E-state index in [0.717, 1.165) is 41.5 Å². The van der Waals surface area contributed by atoms with Gasteiger partial charge in [-0.3, -0.25) is 33.6 Å². The zero-order valence-corrected chi connectivity index (χ0v) is 24.2. The molecule has 0 radical (unpaired) electrons. The second-order valence-electron chi connectivity index (χ2n) is 8.85. The molecule has 14 nitrogen and oxygen atoms in total. The SMILES string of the molecule is CCC[C@H](OC(C)=O)[C@H](OC(C)=O)[C@H](OC(C)=O)[C@H](OC(C)=O)[C@@H](OC(C)=O)[C@@H](CCCC(=O)OC)OC(C)=O. The summed E-state index contributed by atoms with van der Waals surface area (Å²) in [5, 5.41) is 0. The molecule has 0 aromatic heterocycles. The molecule has 0 bridgehead atoms. The highest BCUT2D eigenvalue weighted by molar-refractivity contribution is 5.70. The summed E-state index contributed by atoms with van der Waals surface area (Å²) in [4.78, 5) is 84.4. The summed E-state index contributed by atoms with van der Waals surface area (Å²) in [5.74, 6) is -5.66. The number of carbonyl (C=O) groups is 7. The predicted octanol–water partition coefficient (Wildman–Crippen LogP) is 1.72. The van der Waals surface area contributed by atoms with Crippen LogP contribution in [-0.2, 0) is 66.7 Å². The van der Waals surface area contributed by atoms with Crippen molar-refractivity contribution in [1.82, 2.24) is 0 Å². The molecule has 0 aliphatic rings. The van der Waals surface area contributed by atoms with Crippen LogP contribution in [0, 0.1) is 0 Å². The molecule has 0 saturated carbocycles. The van der Waals surface area contributed by atoms with Crippen molar-refractivity contribution in [3.8, 4) is 0 Å². The molecule has 0 rings (SSSR count). The Kier molecular flexibility index (Phi) is 16.8. The third kappa shape index (κ3) is 14.4. The van der Waals surface area contributed by atoms with Crippen LogP contribution in [0.3, 0.4) is 0 Å². The first-order valence-electron chi connectivity index (χ1n) is 12.7. The van der Waals surface area contributed by atoms with Gasteiger partial charge in [0.25, 0.3) is 0 Å². The summed E-state index contributed by atoms with van der Waals surface area (Å²) >= 11 is 0. The maximum atomic E-state index is 12.3. The van der Waals surface area contributed by atoms with Crippen molar-refractivity contribution in [3.05, 3.63) is 0 Å². The van der Waals surface area contributed by atoms with E-state index < -0.39 is 78.4 Å². The van der Waals surface area contributed by atoms with Gasteiger partial charge in [0, 0.05) is 48.0 Å². The Morgan fingerprint density at radius 2 is 0.825 bits per heavy atom. The first kappa shape index (κ1) is 36.3. The molecule has 0 unspecified atom stereocenters. The number of ether oxygens (including phenoxy) is 7. The first-order chi connectivity index (χ1) is 18.6. The number of rotatable bonds is 17. The molecule has 0 aliphatic carbocycles. The van der Waals surface area contributed by atoms with Gasteiger partial charge >= 0.3 is 41.8 Å². The lowest BCUT2D eigenvalue weighted by atomic mass is 9.91. The average Bonchev–Trinajstić information content (AvgIpc) is 2.81. The third-order valence-corrected chi connectivity index (χ3v) is 5.22. The van der Waals surface area contributed by atoms with E-state index in [1.807, 2.05) is 0 Å². The maximum Gasteiger partial charge on any atom is 0.305 e. The van der Waals surface area contributed by atoms with Crippen LogP contribution < -0.4 is 0 Å². The Hall–Kier alpha value is -3.71. The molecule has 0 aromatic carbocycles. The Balaban J connectivity index is 7.07. The average molecular weight is 577 g/mol. The molecule has 0 spiro atoms. The van der Waals surface area contributed by atoms with Crippen LogP contribution in [0.4, 0.5) is 0 Å². The fourth-order valence-electron chi connectivity index (χ4n) is 3.96. The summed E-state index contributed by atoms with van der Waals surface area (Å²) in [7, 11) is 1.19. The minimum absolute atomic E-state index is 0.0856. The molecular weight excluding hydrogens is 536 g/mol. The van der Waals surface area contributed by atoms with E-state index in [9.17, 15) is 33.6 Å². The van der Waals surface area contributed by atoms with E-state index in [4.69, 9.17) is 28.4 Å². The minimum atomic E-state index is -1.73. The largest absolute Gasteiger partial charge is 0.469 e. The lowest BCUT2D eigenvalue weighted by molar-refractivity contribution is -0.219. The first-order valence-corrected chi connectivity index (χ1v) is 12.7. The van der Waals surface area contributed by atoms with Gasteiger partial charge in [0.05, 0.1) is 7.11 Å². The van der Waals surface area contributed by atoms with Crippen molar-refractivity contribution in [3.63, 3.8) is 0 Å². The zero-order chi connectivity index (χ0) is 31.0. The second-order valence-corrected chi connectivity index (χ2v) is 8.85. The fourth-order valence-corrected chi connectivity index (χ4v) is 3.96. The highest BCUT2D eigenvalue weighted by atomic mass is 16.6. The van der Waals surface area contributed by atoms with Crippen molar-refractivity contribution in [1.29, 1.82) is 0 Å². The molecule has 6 atom stereocenters. The van der Waals surface area contributed by atoms with E-state index in [1.54, 1.807) is 6.92 Å². The lowest BCUT2D eigenvalue weighted by Gasteiger charge is -2.39. The second kappa shape index (κ2) is 18.6. The van der Waals surface area contributed by atoms with E-state index >= 15 is 0 Å². The summed E-state index contributed by atoms with van der Waals surface area (Å²) in [6, 6.07) is 0. The van der Waals surface area contributed by atoms with E-state index in [0.29, 0.717) is 6.42 Å². The van der Waals surface area contributed by atoms with Crippen molar-refractivity contribution >= 4 is 41.8 Å². The Labute approximate surface area is 233 Å². The monoisotopic (exact) mass is 576 g/mol. The van der Waals surface area contributed by atoms with Crippen LogP contribution in [0.1, 0.15) is 80.6 Å². The number of hydrogen-bond acceptors (Lipinski definition) is 14. The Bertz CT molecular complexity index is 898. The molecule has 0 aliphatic heterocycles. The van der Waals surface area contributed by atoms with Gasteiger partial charge in [-0.15, -0.1) is 0 Å². The molecule has 0 amide bonds. The van der Waals surface area contributed by atoms with Crippen LogP contribution in [0.15, 0.2) is 0 Å². The van der Waals surface area contributed by atoms with Gasteiger partial charge in [0.15, 0.2) is 24.4 Å². The van der Waals surface area contributed by atoms with E-state index in [1.165, 1.54) is 7.11 Å². The van der Waals surface area contributed by atoms with E-state index in [2.05, 4.69) is 4.74 Å². The molecule has 0 heterocycles. The molecule has 0 aromatic rings. The zero-order valence-electron chi connectivity index (χ0n) is 24.2. The van der Waals surface area contributed by atoms with Crippen molar-refractivity contribution in [2.24, 2.45) is 0 Å². The number of carbonyl (C=O) groups excluding carboxylic acids is 7. The molecule has 0 saturated heterocycles. The molecule has 0 N–H and O–H groups in total. The van der Waals surface area contributed by atoms with Gasteiger partial charge in [-0.2, -0.15) is 0 Å².